The van der Waals surface area contributed by atoms with Gasteiger partial charge in [0.2, 0.25) is 0 Å². The number of likely N-dealkylation sites (tertiary alicyclic amines) is 1. The van der Waals surface area contributed by atoms with Gasteiger partial charge in [-0.3, -0.25) is 9.69 Å². The fourth-order valence-corrected chi connectivity index (χ4v) is 4.06. The van der Waals surface area contributed by atoms with Crippen molar-refractivity contribution in [3.63, 3.8) is 0 Å². The molecule has 2 heterocycles. The summed E-state index contributed by atoms with van der Waals surface area (Å²) in [5, 5.41) is 13.8. The highest BCUT2D eigenvalue weighted by Crippen LogP contribution is 2.38. The van der Waals surface area contributed by atoms with E-state index in [1.165, 1.54) is 19.3 Å². The number of aliphatic carboxylic acids is 1. The van der Waals surface area contributed by atoms with E-state index in [1.807, 2.05) is 11.6 Å². The molecule has 3 unspecified atom stereocenters. The van der Waals surface area contributed by atoms with Gasteiger partial charge in [0.05, 0.1) is 6.54 Å². The van der Waals surface area contributed by atoms with Gasteiger partial charge in [0, 0.05) is 12.6 Å². The second-order valence-electron chi connectivity index (χ2n) is 6.21. The molecule has 0 spiro atoms. The van der Waals surface area contributed by atoms with Crippen LogP contribution in [-0.4, -0.2) is 42.8 Å². The maximum atomic E-state index is 11.6. The van der Waals surface area contributed by atoms with Gasteiger partial charge in [0.15, 0.2) is 0 Å². The largest absolute Gasteiger partial charge is 0.480 e. The van der Waals surface area contributed by atoms with Gasteiger partial charge in [-0.1, -0.05) is 12.8 Å². The first kappa shape index (κ1) is 14.5. The standard InChI is InChI=1S/C15H24N4O2/c1-2-19-14(16-10-17-19)9-18-12-6-4-3-5-11(12)7-8-13(18)15(20)21/h10-13H,2-9H2,1H3,(H,20,21). The summed E-state index contributed by atoms with van der Waals surface area (Å²) in [6.07, 6.45) is 8.25. The van der Waals surface area contributed by atoms with Crippen molar-refractivity contribution in [1.29, 1.82) is 0 Å². The summed E-state index contributed by atoms with van der Waals surface area (Å²) in [7, 11) is 0. The number of piperidine rings is 1. The van der Waals surface area contributed by atoms with E-state index >= 15 is 0 Å². The van der Waals surface area contributed by atoms with Crippen LogP contribution < -0.4 is 0 Å². The van der Waals surface area contributed by atoms with Crippen LogP contribution >= 0.6 is 0 Å². The number of carboxylic acids is 1. The van der Waals surface area contributed by atoms with Crippen molar-refractivity contribution in [2.24, 2.45) is 5.92 Å². The Morgan fingerprint density at radius 1 is 1.33 bits per heavy atom. The van der Waals surface area contributed by atoms with Crippen molar-refractivity contribution >= 4 is 5.97 Å². The first-order chi connectivity index (χ1) is 10.2. The molecule has 116 valence electrons. The molecule has 6 heteroatoms. The van der Waals surface area contributed by atoms with E-state index in [4.69, 9.17) is 0 Å². The van der Waals surface area contributed by atoms with Crippen LogP contribution in [0.25, 0.3) is 0 Å². The van der Waals surface area contributed by atoms with Gasteiger partial charge in [0.25, 0.3) is 0 Å². The molecule has 0 aromatic carbocycles. The molecule has 3 rings (SSSR count). The number of nitrogens with zero attached hydrogens (tertiary/aromatic N) is 4. The smallest absolute Gasteiger partial charge is 0.320 e. The number of hydrogen-bond donors (Lipinski definition) is 1. The van der Waals surface area contributed by atoms with Crippen LogP contribution in [0.2, 0.25) is 0 Å². The van der Waals surface area contributed by atoms with E-state index in [9.17, 15) is 9.90 Å². The normalized spacial score (nSPS) is 30.0. The highest BCUT2D eigenvalue weighted by Gasteiger charge is 2.41. The molecule has 3 atom stereocenters. The minimum absolute atomic E-state index is 0.369. The molecular weight excluding hydrogens is 268 g/mol. The van der Waals surface area contributed by atoms with E-state index in [0.29, 0.717) is 18.5 Å². The first-order valence-electron chi connectivity index (χ1n) is 8.06. The zero-order valence-electron chi connectivity index (χ0n) is 12.6. The fraction of sp³-hybridized carbons (Fsp3) is 0.800. The van der Waals surface area contributed by atoms with Gasteiger partial charge >= 0.3 is 5.97 Å². The Labute approximate surface area is 125 Å². The maximum Gasteiger partial charge on any atom is 0.320 e. The molecule has 0 amide bonds. The van der Waals surface area contributed by atoms with Crippen LogP contribution in [0.5, 0.6) is 0 Å². The number of aryl methyl sites for hydroxylation is 1. The van der Waals surface area contributed by atoms with Crippen molar-refractivity contribution in [2.45, 2.75) is 70.6 Å². The average Bonchev–Trinajstić information content (AvgIpc) is 2.94. The minimum Gasteiger partial charge on any atom is -0.480 e. The third-order valence-corrected chi connectivity index (χ3v) is 5.11. The lowest BCUT2D eigenvalue weighted by Crippen LogP contribution is -2.54. The zero-order chi connectivity index (χ0) is 14.8. The molecule has 1 aromatic heterocycles. The van der Waals surface area contributed by atoms with E-state index in [0.717, 1.165) is 31.6 Å². The van der Waals surface area contributed by atoms with Gasteiger partial charge in [-0.15, -0.1) is 0 Å². The van der Waals surface area contributed by atoms with Crippen molar-refractivity contribution in [2.75, 3.05) is 0 Å². The Balaban J connectivity index is 1.83. The van der Waals surface area contributed by atoms with Crippen LogP contribution in [0.4, 0.5) is 0 Å². The molecule has 1 saturated carbocycles. The summed E-state index contributed by atoms with van der Waals surface area (Å²) < 4.78 is 1.87. The summed E-state index contributed by atoms with van der Waals surface area (Å²) in [6, 6.07) is 0.0296. The number of carboxylic acid groups (broad SMARTS) is 1. The van der Waals surface area contributed by atoms with Crippen molar-refractivity contribution < 1.29 is 9.90 Å². The quantitative estimate of drug-likeness (QED) is 0.918. The summed E-state index contributed by atoms with van der Waals surface area (Å²) in [6.45, 7) is 3.41. The zero-order valence-corrected chi connectivity index (χ0v) is 12.6. The number of aromatic nitrogens is 3. The molecule has 0 bridgehead atoms. The molecule has 1 aliphatic carbocycles. The van der Waals surface area contributed by atoms with Gasteiger partial charge in [0.1, 0.15) is 18.2 Å². The molecule has 1 saturated heterocycles. The van der Waals surface area contributed by atoms with Crippen LogP contribution in [0, 0.1) is 5.92 Å². The third-order valence-electron chi connectivity index (χ3n) is 5.11. The van der Waals surface area contributed by atoms with Gasteiger partial charge < -0.3 is 5.11 Å². The van der Waals surface area contributed by atoms with E-state index < -0.39 is 5.97 Å². The van der Waals surface area contributed by atoms with Crippen LogP contribution in [-0.2, 0) is 17.9 Å². The van der Waals surface area contributed by atoms with E-state index in [1.54, 1.807) is 6.33 Å². The molecule has 2 fully saturated rings. The Hall–Kier alpha value is -1.43. The van der Waals surface area contributed by atoms with Crippen molar-refractivity contribution in [3.8, 4) is 0 Å². The molecule has 2 aliphatic rings. The topological polar surface area (TPSA) is 71.2 Å². The van der Waals surface area contributed by atoms with Crippen LogP contribution in [0.15, 0.2) is 6.33 Å². The molecule has 21 heavy (non-hydrogen) atoms. The third kappa shape index (κ3) is 2.81. The Morgan fingerprint density at radius 2 is 2.14 bits per heavy atom. The van der Waals surface area contributed by atoms with Crippen molar-refractivity contribution in [1.82, 2.24) is 19.7 Å². The Bertz CT molecular complexity index is 502. The van der Waals surface area contributed by atoms with E-state index in [2.05, 4.69) is 15.0 Å². The number of carbonyl (C=O) groups is 1. The van der Waals surface area contributed by atoms with Gasteiger partial charge in [-0.2, -0.15) is 5.10 Å². The SMILES string of the molecule is CCn1ncnc1CN1C(C(=O)O)CCC2CCCCC21. The first-order valence-corrected chi connectivity index (χ1v) is 8.06. The second kappa shape index (κ2) is 6.13. The van der Waals surface area contributed by atoms with Crippen molar-refractivity contribution in [3.05, 3.63) is 12.2 Å². The fourth-order valence-electron chi connectivity index (χ4n) is 4.06. The monoisotopic (exact) mass is 292 g/mol. The minimum atomic E-state index is -0.693. The predicted molar refractivity (Wildman–Crippen MR) is 77.6 cm³/mol. The summed E-state index contributed by atoms with van der Waals surface area (Å²) in [5.41, 5.74) is 0. The predicted octanol–water partition coefficient (Wildman–Crippen LogP) is 1.91. The van der Waals surface area contributed by atoms with Crippen LogP contribution in [0.3, 0.4) is 0 Å². The number of rotatable bonds is 4. The molecule has 0 radical (unpaired) electrons. The molecule has 1 aromatic rings. The lowest BCUT2D eigenvalue weighted by Gasteiger charge is -2.47. The highest BCUT2D eigenvalue weighted by molar-refractivity contribution is 5.73. The number of hydrogen-bond acceptors (Lipinski definition) is 4. The van der Waals surface area contributed by atoms with Gasteiger partial charge in [-0.05, 0) is 38.5 Å². The summed E-state index contributed by atoms with van der Waals surface area (Å²) in [4.78, 5) is 18.2. The maximum absolute atomic E-state index is 11.6. The highest BCUT2D eigenvalue weighted by atomic mass is 16.4. The second-order valence-corrected chi connectivity index (χ2v) is 6.21. The molecular formula is C15H24N4O2. The molecule has 6 nitrogen and oxygen atoms in total. The lowest BCUT2D eigenvalue weighted by atomic mass is 9.76. The average molecular weight is 292 g/mol. The lowest BCUT2D eigenvalue weighted by molar-refractivity contribution is -0.148. The summed E-state index contributed by atoms with van der Waals surface area (Å²) >= 11 is 0. The Kier molecular flexibility index (Phi) is 4.24. The van der Waals surface area contributed by atoms with Crippen LogP contribution in [0.1, 0.15) is 51.3 Å². The Morgan fingerprint density at radius 3 is 2.90 bits per heavy atom. The van der Waals surface area contributed by atoms with Gasteiger partial charge in [-0.25, -0.2) is 9.67 Å². The molecule has 1 N–H and O–H groups in total. The number of fused-ring (bicyclic) bond motifs is 1. The van der Waals surface area contributed by atoms with E-state index in [-0.39, 0.29) is 6.04 Å². The summed E-state index contributed by atoms with van der Waals surface area (Å²) in [5.74, 6) is 0.851. The molecule has 1 aliphatic heterocycles.